The summed E-state index contributed by atoms with van der Waals surface area (Å²) in [7, 11) is 0. The lowest BCUT2D eigenvalue weighted by Gasteiger charge is -2.17. The molecule has 0 aliphatic carbocycles. The van der Waals surface area contributed by atoms with Gasteiger partial charge in [-0.25, -0.2) is 4.68 Å². The summed E-state index contributed by atoms with van der Waals surface area (Å²) < 4.78 is 13.5. The lowest BCUT2D eigenvalue weighted by molar-refractivity contribution is 0.267. The molecule has 0 atom stereocenters. The van der Waals surface area contributed by atoms with Gasteiger partial charge in [0.15, 0.2) is 11.5 Å². The summed E-state index contributed by atoms with van der Waals surface area (Å²) in [5.41, 5.74) is 4.97. The van der Waals surface area contributed by atoms with Crippen molar-refractivity contribution in [1.82, 2.24) is 14.9 Å². The number of para-hydroxylation sites is 1. The standard InChI is InChI=1S/C18H18Cl2N4O2/c1-2-25-17-5-3-4-13(9-23-24-11-21-22-12-24)18(17)26-10-14-6-7-15(19)8-16(14)20/h3-8,11-12,23H,2,9-10H2,1H3. The molecular weight excluding hydrogens is 375 g/mol. The normalized spacial score (nSPS) is 10.6. The third kappa shape index (κ3) is 4.59. The minimum Gasteiger partial charge on any atom is -0.490 e. The molecule has 0 aliphatic rings. The van der Waals surface area contributed by atoms with E-state index >= 15 is 0 Å². The lowest BCUT2D eigenvalue weighted by Crippen LogP contribution is -2.13. The van der Waals surface area contributed by atoms with Crippen molar-refractivity contribution >= 4 is 23.2 Å². The molecule has 136 valence electrons. The molecule has 0 fully saturated rings. The Kier molecular flexibility index (Phi) is 6.20. The molecule has 0 aliphatic heterocycles. The average molecular weight is 393 g/mol. The minimum atomic E-state index is 0.305. The Morgan fingerprint density at radius 3 is 2.58 bits per heavy atom. The predicted molar refractivity (Wildman–Crippen MR) is 101 cm³/mol. The van der Waals surface area contributed by atoms with Crippen LogP contribution in [0.5, 0.6) is 11.5 Å². The van der Waals surface area contributed by atoms with Crippen molar-refractivity contribution in [2.24, 2.45) is 0 Å². The minimum absolute atomic E-state index is 0.305. The van der Waals surface area contributed by atoms with Gasteiger partial charge in [0.2, 0.25) is 0 Å². The van der Waals surface area contributed by atoms with Crippen LogP contribution in [-0.4, -0.2) is 21.5 Å². The van der Waals surface area contributed by atoms with E-state index in [1.165, 1.54) is 0 Å². The van der Waals surface area contributed by atoms with E-state index in [1.807, 2.05) is 31.2 Å². The highest BCUT2D eigenvalue weighted by molar-refractivity contribution is 6.35. The van der Waals surface area contributed by atoms with E-state index in [1.54, 1.807) is 29.5 Å². The number of nitrogens with one attached hydrogen (secondary N) is 1. The van der Waals surface area contributed by atoms with Gasteiger partial charge in [-0.2, -0.15) is 0 Å². The second-order valence-electron chi connectivity index (χ2n) is 5.41. The van der Waals surface area contributed by atoms with Gasteiger partial charge in [-0.3, -0.25) is 0 Å². The van der Waals surface area contributed by atoms with E-state index in [-0.39, 0.29) is 0 Å². The first kappa shape index (κ1) is 18.4. The van der Waals surface area contributed by atoms with Crippen molar-refractivity contribution in [3.8, 4) is 11.5 Å². The first-order chi connectivity index (χ1) is 12.7. The van der Waals surface area contributed by atoms with Crippen molar-refractivity contribution < 1.29 is 9.47 Å². The van der Waals surface area contributed by atoms with Crippen molar-refractivity contribution in [2.75, 3.05) is 12.0 Å². The molecular formula is C18H18Cl2N4O2. The number of hydrogen-bond donors (Lipinski definition) is 1. The monoisotopic (exact) mass is 392 g/mol. The fraction of sp³-hybridized carbons (Fsp3) is 0.222. The number of aromatic nitrogens is 3. The average Bonchev–Trinajstić information content (AvgIpc) is 3.14. The van der Waals surface area contributed by atoms with Gasteiger partial charge in [-0.1, -0.05) is 41.4 Å². The van der Waals surface area contributed by atoms with E-state index < -0.39 is 0 Å². The number of halogens is 2. The number of benzene rings is 2. The fourth-order valence-corrected chi connectivity index (χ4v) is 2.84. The van der Waals surface area contributed by atoms with Gasteiger partial charge in [-0.15, -0.1) is 10.2 Å². The van der Waals surface area contributed by atoms with Crippen molar-refractivity contribution in [3.63, 3.8) is 0 Å². The Hall–Kier alpha value is -2.44. The summed E-state index contributed by atoms with van der Waals surface area (Å²) in [4.78, 5) is 0. The number of hydrogen-bond acceptors (Lipinski definition) is 5. The van der Waals surface area contributed by atoms with E-state index in [4.69, 9.17) is 32.7 Å². The molecule has 1 N–H and O–H groups in total. The van der Waals surface area contributed by atoms with Gasteiger partial charge < -0.3 is 14.9 Å². The van der Waals surface area contributed by atoms with Crippen LogP contribution in [0.2, 0.25) is 10.0 Å². The summed E-state index contributed by atoms with van der Waals surface area (Å²) in [6.07, 6.45) is 3.17. The summed E-state index contributed by atoms with van der Waals surface area (Å²) in [5.74, 6) is 1.35. The van der Waals surface area contributed by atoms with Crippen LogP contribution in [0.4, 0.5) is 0 Å². The molecule has 0 amide bonds. The maximum Gasteiger partial charge on any atom is 0.166 e. The first-order valence-corrected chi connectivity index (χ1v) is 8.83. The molecule has 0 radical (unpaired) electrons. The quantitative estimate of drug-likeness (QED) is 0.618. The summed E-state index contributed by atoms with van der Waals surface area (Å²) in [6.45, 7) is 3.30. The fourth-order valence-electron chi connectivity index (χ4n) is 2.38. The van der Waals surface area contributed by atoms with E-state index in [9.17, 15) is 0 Å². The molecule has 26 heavy (non-hydrogen) atoms. The molecule has 0 unspecified atom stereocenters. The van der Waals surface area contributed by atoms with Crippen LogP contribution in [0.3, 0.4) is 0 Å². The zero-order chi connectivity index (χ0) is 18.4. The van der Waals surface area contributed by atoms with Gasteiger partial charge in [0, 0.05) is 21.2 Å². The van der Waals surface area contributed by atoms with Crippen LogP contribution in [0.15, 0.2) is 49.1 Å². The number of ether oxygens (including phenoxy) is 2. The Morgan fingerprint density at radius 1 is 1.04 bits per heavy atom. The smallest absolute Gasteiger partial charge is 0.166 e. The molecule has 0 spiro atoms. The highest BCUT2D eigenvalue weighted by atomic mass is 35.5. The largest absolute Gasteiger partial charge is 0.490 e. The summed E-state index contributed by atoms with van der Waals surface area (Å²) in [6, 6.07) is 11.1. The summed E-state index contributed by atoms with van der Waals surface area (Å²) >= 11 is 12.2. The topological polar surface area (TPSA) is 61.2 Å². The molecule has 3 rings (SSSR count). The zero-order valence-corrected chi connectivity index (χ0v) is 15.7. The zero-order valence-electron chi connectivity index (χ0n) is 14.2. The van der Waals surface area contributed by atoms with Crippen LogP contribution in [0.25, 0.3) is 0 Å². The van der Waals surface area contributed by atoms with Crippen molar-refractivity contribution in [2.45, 2.75) is 20.1 Å². The second-order valence-corrected chi connectivity index (χ2v) is 6.25. The number of nitrogens with zero attached hydrogens (tertiary/aromatic N) is 3. The van der Waals surface area contributed by atoms with Crippen LogP contribution < -0.4 is 14.9 Å². The Bertz CT molecular complexity index is 856. The molecule has 0 bridgehead atoms. The second kappa shape index (κ2) is 8.78. The molecule has 3 aromatic rings. The SMILES string of the molecule is CCOc1cccc(CNn2cnnc2)c1OCc1ccc(Cl)cc1Cl. The molecule has 2 aromatic carbocycles. The Labute approximate surface area is 161 Å². The third-order valence-electron chi connectivity index (χ3n) is 3.62. The predicted octanol–water partition coefficient (Wildman–Crippen LogP) is 4.31. The van der Waals surface area contributed by atoms with Gasteiger partial charge in [-0.05, 0) is 25.1 Å². The van der Waals surface area contributed by atoms with Crippen LogP contribution in [0, 0.1) is 0 Å². The van der Waals surface area contributed by atoms with E-state index in [0.29, 0.717) is 41.3 Å². The molecule has 0 saturated carbocycles. The third-order valence-corrected chi connectivity index (χ3v) is 4.21. The Morgan fingerprint density at radius 2 is 1.85 bits per heavy atom. The highest BCUT2D eigenvalue weighted by Gasteiger charge is 2.12. The first-order valence-electron chi connectivity index (χ1n) is 8.07. The molecule has 1 heterocycles. The summed E-state index contributed by atoms with van der Waals surface area (Å²) in [5, 5.41) is 8.69. The van der Waals surface area contributed by atoms with E-state index in [0.717, 1.165) is 11.1 Å². The van der Waals surface area contributed by atoms with Crippen LogP contribution in [0.1, 0.15) is 18.1 Å². The highest BCUT2D eigenvalue weighted by Crippen LogP contribution is 2.33. The molecule has 0 saturated heterocycles. The van der Waals surface area contributed by atoms with Gasteiger partial charge in [0.05, 0.1) is 13.2 Å². The van der Waals surface area contributed by atoms with Gasteiger partial charge in [0.25, 0.3) is 0 Å². The number of rotatable bonds is 8. The molecule has 8 heteroatoms. The van der Waals surface area contributed by atoms with Gasteiger partial charge in [0.1, 0.15) is 19.3 Å². The Balaban J connectivity index is 1.80. The van der Waals surface area contributed by atoms with Crippen molar-refractivity contribution in [3.05, 3.63) is 70.2 Å². The van der Waals surface area contributed by atoms with E-state index in [2.05, 4.69) is 15.6 Å². The molecule has 1 aromatic heterocycles. The van der Waals surface area contributed by atoms with Crippen LogP contribution in [-0.2, 0) is 13.2 Å². The maximum atomic E-state index is 6.24. The maximum absolute atomic E-state index is 6.24. The van der Waals surface area contributed by atoms with Crippen molar-refractivity contribution in [1.29, 1.82) is 0 Å². The van der Waals surface area contributed by atoms with Gasteiger partial charge >= 0.3 is 0 Å². The lowest BCUT2D eigenvalue weighted by atomic mass is 10.2. The molecule has 6 nitrogen and oxygen atoms in total. The van der Waals surface area contributed by atoms with Crippen LogP contribution >= 0.6 is 23.2 Å².